The zero-order valence-corrected chi connectivity index (χ0v) is 18.7. The molecule has 172 valence electrons. The van der Waals surface area contributed by atoms with Gasteiger partial charge in [-0.15, -0.1) is 0 Å². The van der Waals surface area contributed by atoms with Crippen LogP contribution in [0.15, 0.2) is 48.5 Å². The number of hydrogen-bond donors (Lipinski definition) is 0. The highest BCUT2D eigenvalue weighted by molar-refractivity contribution is 6.08. The minimum Gasteiger partial charge on any atom is -0.476 e. The van der Waals surface area contributed by atoms with E-state index in [1.807, 2.05) is 46.2 Å². The van der Waals surface area contributed by atoms with Gasteiger partial charge in [0.15, 0.2) is 6.10 Å². The number of benzene rings is 2. The standard InChI is InChI=1S/C26H29N3O4/c30-24-12-7-15-28(24)17-19-8-6-9-20(16-19)25(31)29-18-23(26(32)27-13-4-1-5-14-27)33-22-11-3-2-10-21(22)29/h2-3,6,8-11,16,23H,1,4-5,7,12-15,17-18H2/t23-/m1/s1. The molecule has 0 bridgehead atoms. The van der Waals surface area contributed by atoms with E-state index in [1.165, 1.54) is 0 Å². The van der Waals surface area contributed by atoms with Gasteiger partial charge in [-0.3, -0.25) is 14.4 Å². The molecule has 0 aromatic heterocycles. The average molecular weight is 448 g/mol. The highest BCUT2D eigenvalue weighted by Crippen LogP contribution is 2.35. The van der Waals surface area contributed by atoms with E-state index < -0.39 is 6.10 Å². The molecule has 0 radical (unpaired) electrons. The van der Waals surface area contributed by atoms with Gasteiger partial charge in [0.05, 0.1) is 12.2 Å². The fraction of sp³-hybridized carbons (Fsp3) is 0.423. The van der Waals surface area contributed by atoms with Crippen LogP contribution in [0.25, 0.3) is 0 Å². The summed E-state index contributed by atoms with van der Waals surface area (Å²) in [5.74, 6) is 0.485. The van der Waals surface area contributed by atoms with E-state index in [-0.39, 0.29) is 24.3 Å². The molecule has 3 heterocycles. The Labute approximate surface area is 193 Å². The van der Waals surface area contributed by atoms with Crippen LogP contribution in [0.3, 0.4) is 0 Å². The topological polar surface area (TPSA) is 70.2 Å². The third-order valence-corrected chi connectivity index (χ3v) is 6.68. The second-order valence-corrected chi connectivity index (χ2v) is 9.00. The van der Waals surface area contributed by atoms with E-state index in [2.05, 4.69) is 0 Å². The molecule has 2 aromatic rings. The van der Waals surface area contributed by atoms with Crippen molar-refractivity contribution in [1.29, 1.82) is 0 Å². The molecule has 33 heavy (non-hydrogen) atoms. The van der Waals surface area contributed by atoms with Crippen molar-refractivity contribution in [3.8, 4) is 5.75 Å². The van der Waals surface area contributed by atoms with Crippen molar-refractivity contribution in [2.75, 3.05) is 31.1 Å². The van der Waals surface area contributed by atoms with Crippen molar-refractivity contribution >= 4 is 23.4 Å². The van der Waals surface area contributed by atoms with Crippen LogP contribution in [0.1, 0.15) is 48.0 Å². The van der Waals surface area contributed by atoms with Gasteiger partial charge in [-0.2, -0.15) is 0 Å². The Hall–Kier alpha value is -3.35. The first kappa shape index (κ1) is 21.5. The summed E-state index contributed by atoms with van der Waals surface area (Å²) in [7, 11) is 0. The van der Waals surface area contributed by atoms with E-state index in [4.69, 9.17) is 4.74 Å². The Morgan fingerprint density at radius 2 is 1.76 bits per heavy atom. The van der Waals surface area contributed by atoms with Crippen LogP contribution < -0.4 is 9.64 Å². The molecule has 3 amide bonds. The summed E-state index contributed by atoms with van der Waals surface area (Å²) in [6.07, 6.45) is 3.91. The number of anilines is 1. The fourth-order valence-electron chi connectivity index (χ4n) is 4.92. The normalized spacial score (nSPS) is 20.4. The summed E-state index contributed by atoms with van der Waals surface area (Å²) < 4.78 is 6.06. The molecule has 0 spiro atoms. The van der Waals surface area contributed by atoms with Crippen LogP contribution in [0.5, 0.6) is 5.75 Å². The van der Waals surface area contributed by atoms with Gasteiger partial charge in [0, 0.05) is 38.2 Å². The maximum Gasteiger partial charge on any atom is 0.265 e. The number of amides is 3. The summed E-state index contributed by atoms with van der Waals surface area (Å²) in [4.78, 5) is 44.2. The third-order valence-electron chi connectivity index (χ3n) is 6.68. The quantitative estimate of drug-likeness (QED) is 0.722. The van der Waals surface area contributed by atoms with Gasteiger partial charge in [0.25, 0.3) is 11.8 Å². The number of ether oxygens (including phenoxy) is 1. The Balaban J connectivity index is 1.39. The van der Waals surface area contributed by atoms with Gasteiger partial charge >= 0.3 is 0 Å². The van der Waals surface area contributed by atoms with Crippen molar-refractivity contribution in [3.63, 3.8) is 0 Å². The number of likely N-dealkylation sites (tertiary alicyclic amines) is 2. The van der Waals surface area contributed by atoms with E-state index in [9.17, 15) is 14.4 Å². The maximum atomic E-state index is 13.6. The molecule has 5 rings (SSSR count). The van der Waals surface area contributed by atoms with Gasteiger partial charge in [0.1, 0.15) is 5.75 Å². The molecule has 0 N–H and O–H groups in total. The first-order valence-corrected chi connectivity index (χ1v) is 11.8. The number of rotatable bonds is 4. The monoisotopic (exact) mass is 447 g/mol. The fourth-order valence-corrected chi connectivity index (χ4v) is 4.92. The number of nitrogens with zero attached hydrogens (tertiary/aromatic N) is 3. The second kappa shape index (κ2) is 9.25. The maximum absolute atomic E-state index is 13.6. The molecule has 2 aromatic carbocycles. The van der Waals surface area contributed by atoms with Crippen molar-refractivity contribution in [3.05, 3.63) is 59.7 Å². The van der Waals surface area contributed by atoms with Crippen LogP contribution in [0, 0.1) is 0 Å². The predicted molar refractivity (Wildman–Crippen MR) is 124 cm³/mol. The molecule has 7 heteroatoms. The van der Waals surface area contributed by atoms with Gasteiger partial charge in [-0.25, -0.2) is 0 Å². The summed E-state index contributed by atoms with van der Waals surface area (Å²) in [6.45, 7) is 2.93. The van der Waals surface area contributed by atoms with Crippen molar-refractivity contribution in [2.45, 2.75) is 44.8 Å². The molecule has 0 unspecified atom stereocenters. The summed E-state index contributed by atoms with van der Waals surface area (Å²) >= 11 is 0. The number of hydrogen-bond acceptors (Lipinski definition) is 4. The summed E-state index contributed by atoms with van der Waals surface area (Å²) in [5, 5.41) is 0. The Morgan fingerprint density at radius 1 is 0.939 bits per heavy atom. The first-order valence-electron chi connectivity index (χ1n) is 11.8. The lowest BCUT2D eigenvalue weighted by Crippen LogP contribution is -2.52. The lowest BCUT2D eigenvalue weighted by molar-refractivity contribution is -0.139. The smallest absolute Gasteiger partial charge is 0.265 e. The Kier molecular flexibility index (Phi) is 6.03. The summed E-state index contributed by atoms with van der Waals surface area (Å²) in [6, 6.07) is 14.8. The number of piperidine rings is 1. The zero-order chi connectivity index (χ0) is 22.8. The van der Waals surface area contributed by atoms with Crippen LogP contribution in [0.4, 0.5) is 5.69 Å². The van der Waals surface area contributed by atoms with E-state index in [1.54, 1.807) is 17.0 Å². The number of para-hydroxylation sites is 2. The second-order valence-electron chi connectivity index (χ2n) is 9.00. The number of fused-ring (bicyclic) bond motifs is 1. The third kappa shape index (κ3) is 4.45. The minimum atomic E-state index is -0.715. The highest BCUT2D eigenvalue weighted by atomic mass is 16.5. The molecule has 7 nitrogen and oxygen atoms in total. The molecule has 0 saturated carbocycles. The number of carbonyl (C=O) groups is 3. The van der Waals surface area contributed by atoms with Crippen LogP contribution >= 0.6 is 0 Å². The number of carbonyl (C=O) groups excluding carboxylic acids is 3. The predicted octanol–water partition coefficient (Wildman–Crippen LogP) is 3.23. The van der Waals surface area contributed by atoms with Gasteiger partial charge in [-0.1, -0.05) is 24.3 Å². The zero-order valence-electron chi connectivity index (χ0n) is 18.7. The van der Waals surface area contributed by atoms with Crippen molar-refractivity contribution in [1.82, 2.24) is 9.80 Å². The molecular weight excluding hydrogens is 418 g/mol. The SMILES string of the molecule is O=C1CCCN1Cc1cccc(C(=O)N2C[C@H](C(=O)N3CCCCC3)Oc3ccccc32)c1. The van der Waals surface area contributed by atoms with Crippen LogP contribution in [0.2, 0.25) is 0 Å². The lowest BCUT2D eigenvalue weighted by Gasteiger charge is -2.37. The van der Waals surface area contributed by atoms with Gasteiger partial charge in [0.2, 0.25) is 5.91 Å². The summed E-state index contributed by atoms with van der Waals surface area (Å²) in [5.41, 5.74) is 2.14. The minimum absolute atomic E-state index is 0.0525. The van der Waals surface area contributed by atoms with Crippen molar-refractivity contribution in [2.24, 2.45) is 0 Å². The molecular formula is C26H29N3O4. The molecule has 2 saturated heterocycles. The Bertz CT molecular complexity index is 1060. The molecule has 3 aliphatic heterocycles. The Morgan fingerprint density at radius 3 is 2.55 bits per heavy atom. The lowest BCUT2D eigenvalue weighted by atomic mass is 10.1. The highest BCUT2D eigenvalue weighted by Gasteiger charge is 2.36. The van der Waals surface area contributed by atoms with Crippen LogP contribution in [-0.4, -0.2) is 59.8 Å². The first-order chi connectivity index (χ1) is 16.1. The average Bonchev–Trinajstić information content (AvgIpc) is 3.27. The molecule has 0 aliphatic carbocycles. The van der Waals surface area contributed by atoms with Gasteiger partial charge < -0.3 is 19.4 Å². The molecule has 2 fully saturated rings. The van der Waals surface area contributed by atoms with Crippen LogP contribution in [-0.2, 0) is 16.1 Å². The largest absolute Gasteiger partial charge is 0.476 e. The van der Waals surface area contributed by atoms with Gasteiger partial charge in [-0.05, 0) is 55.5 Å². The molecule has 1 atom stereocenters. The van der Waals surface area contributed by atoms with E-state index in [0.717, 1.165) is 50.9 Å². The van der Waals surface area contributed by atoms with E-state index >= 15 is 0 Å². The van der Waals surface area contributed by atoms with E-state index in [0.29, 0.717) is 30.0 Å². The van der Waals surface area contributed by atoms with Crippen molar-refractivity contribution < 1.29 is 19.1 Å². The molecule has 3 aliphatic rings.